The van der Waals surface area contributed by atoms with Crippen molar-refractivity contribution < 1.29 is 18.8 Å². The first-order valence-electron chi connectivity index (χ1n) is 8.87. The molecule has 0 saturated carbocycles. The SMILES string of the molecule is CC(C)c1ccc(/C=C/C(=O)OCC(=O)Nc2cc(C(C)(C)C)no2)cc1. The lowest BCUT2D eigenvalue weighted by Gasteiger charge is -2.12. The highest BCUT2D eigenvalue weighted by atomic mass is 16.5. The first-order chi connectivity index (χ1) is 12.6. The summed E-state index contributed by atoms with van der Waals surface area (Å²) in [6, 6.07) is 9.56. The number of anilines is 1. The van der Waals surface area contributed by atoms with E-state index in [0.29, 0.717) is 5.92 Å². The summed E-state index contributed by atoms with van der Waals surface area (Å²) < 4.78 is 10.00. The number of hydrogen-bond donors (Lipinski definition) is 1. The Morgan fingerprint density at radius 1 is 1.22 bits per heavy atom. The van der Waals surface area contributed by atoms with E-state index >= 15 is 0 Å². The van der Waals surface area contributed by atoms with Crippen LogP contribution in [0.4, 0.5) is 5.88 Å². The van der Waals surface area contributed by atoms with Crippen molar-refractivity contribution in [1.82, 2.24) is 5.16 Å². The van der Waals surface area contributed by atoms with E-state index in [0.717, 1.165) is 11.3 Å². The lowest BCUT2D eigenvalue weighted by molar-refractivity contribution is -0.142. The third kappa shape index (κ3) is 6.40. The number of nitrogens with one attached hydrogen (secondary N) is 1. The van der Waals surface area contributed by atoms with Gasteiger partial charge in [-0.15, -0.1) is 0 Å². The summed E-state index contributed by atoms with van der Waals surface area (Å²) in [6.45, 7) is 9.80. The Balaban J connectivity index is 1.80. The number of carbonyl (C=O) groups is 2. The van der Waals surface area contributed by atoms with Gasteiger partial charge in [0, 0.05) is 17.6 Å². The Bertz CT molecular complexity index is 811. The number of nitrogens with zero attached hydrogens (tertiary/aromatic N) is 1. The number of rotatable bonds is 6. The maximum Gasteiger partial charge on any atom is 0.331 e. The Kier molecular flexibility index (Phi) is 6.55. The van der Waals surface area contributed by atoms with Crippen molar-refractivity contribution >= 4 is 23.8 Å². The Hall–Kier alpha value is -2.89. The highest BCUT2D eigenvalue weighted by molar-refractivity contribution is 5.93. The quantitative estimate of drug-likeness (QED) is 0.606. The van der Waals surface area contributed by atoms with Crippen LogP contribution in [0.25, 0.3) is 6.08 Å². The molecule has 0 aliphatic rings. The van der Waals surface area contributed by atoms with E-state index in [-0.39, 0.29) is 11.3 Å². The number of hydrogen-bond acceptors (Lipinski definition) is 5. The molecule has 1 N–H and O–H groups in total. The summed E-state index contributed by atoms with van der Waals surface area (Å²) in [4.78, 5) is 23.6. The van der Waals surface area contributed by atoms with E-state index in [1.807, 2.05) is 45.0 Å². The second kappa shape index (κ2) is 8.66. The van der Waals surface area contributed by atoms with Gasteiger partial charge in [-0.1, -0.05) is 64.0 Å². The van der Waals surface area contributed by atoms with Crippen LogP contribution in [0.5, 0.6) is 0 Å². The van der Waals surface area contributed by atoms with E-state index in [1.54, 1.807) is 12.1 Å². The molecule has 0 unspecified atom stereocenters. The number of aromatic nitrogens is 1. The second-order valence-corrected chi connectivity index (χ2v) is 7.64. The first kappa shape index (κ1) is 20.4. The van der Waals surface area contributed by atoms with Crippen molar-refractivity contribution in [2.45, 2.75) is 46.0 Å². The molecule has 0 saturated heterocycles. The molecule has 1 heterocycles. The smallest absolute Gasteiger partial charge is 0.331 e. The predicted octanol–water partition coefficient (Wildman–Crippen LogP) is 4.29. The Morgan fingerprint density at radius 2 is 1.89 bits per heavy atom. The summed E-state index contributed by atoms with van der Waals surface area (Å²) in [7, 11) is 0. The fraction of sp³-hybridized carbons (Fsp3) is 0.381. The summed E-state index contributed by atoms with van der Waals surface area (Å²) in [6.07, 6.45) is 2.94. The minimum absolute atomic E-state index is 0.183. The number of amides is 1. The van der Waals surface area contributed by atoms with Crippen LogP contribution in [-0.2, 0) is 19.7 Å². The molecule has 6 heteroatoms. The van der Waals surface area contributed by atoms with Crippen molar-refractivity contribution in [2.24, 2.45) is 0 Å². The first-order valence-corrected chi connectivity index (χ1v) is 8.87. The molecule has 6 nitrogen and oxygen atoms in total. The molecule has 1 aromatic heterocycles. The summed E-state index contributed by atoms with van der Waals surface area (Å²) in [5.41, 5.74) is 2.66. The van der Waals surface area contributed by atoms with Crippen molar-refractivity contribution in [1.29, 1.82) is 0 Å². The fourth-order valence-corrected chi connectivity index (χ4v) is 2.20. The van der Waals surface area contributed by atoms with Gasteiger partial charge in [-0.3, -0.25) is 10.1 Å². The van der Waals surface area contributed by atoms with Crippen LogP contribution in [-0.4, -0.2) is 23.6 Å². The molecule has 2 aromatic rings. The molecule has 0 bridgehead atoms. The van der Waals surface area contributed by atoms with E-state index < -0.39 is 18.5 Å². The molecule has 0 aliphatic heterocycles. The van der Waals surface area contributed by atoms with Crippen LogP contribution in [0.3, 0.4) is 0 Å². The molecule has 0 atom stereocenters. The van der Waals surface area contributed by atoms with E-state index in [9.17, 15) is 9.59 Å². The van der Waals surface area contributed by atoms with Crippen LogP contribution in [0.1, 0.15) is 57.4 Å². The topological polar surface area (TPSA) is 81.4 Å². The zero-order chi connectivity index (χ0) is 20.0. The molecule has 1 aromatic carbocycles. The van der Waals surface area contributed by atoms with Gasteiger partial charge in [0.15, 0.2) is 6.61 Å². The molecule has 0 spiro atoms. The van der Waals surface area contributed by atoms with Crippen LogP contribution in [0.15, 0.2) is 40.9 Å². The second-order valence-electron chi connectivity index (χ2n) is 7.64. The largest absolute Gasteiger partial charge is 0.452 e. The maximum atomic E-state index is 11.9. The Morgan fingerprint density at radius 3 is 2.44 bits per heavy atom. The third-order valence-corrected chi connectivity index (χ3v) is 3.90. The van der Waals surface area contributed by atoms with Gasteiger partial charge < -0.3 is 9.26 Å². The van der Waals surface area contributed by atoms with E-state index in [2.05, 4.69) is 24.3 Å². The average molecular weight is 370 g/mol. The van der Waals surface area contributed by atoms with Gasteiger partial charge in [-0.05, 0) is 23.1 Å². The van der Waals surface area contributed by atoms with Gasteiger partial charge in [0.2, 0.25) is 5.88 Å². The Labute approximate surface area is 159 Å². The summed E-state index contributed by atoms with van der Waals surface area (Å²) in [5, 5.41) is 6.42. The van der Waals surface area contributed by atoms with Gasteiger partial charge in [0.1, 0.15) is 0 Å². The standard InChI is InChI=1S/C21H26N2O4/c1-14(2)16-9-6-15(7-10-16)8-11-20(25)26-13-18(24)22-19-12-17(23-27-19)21(3,4)5/h6-12,14H,13H2,1-5H3,(H,22,24)/b11-8+. The van der Waals surface area contributed by atoms with E-state index in [1.165, 1.54) is 11.6 Å². The fourth-order valence-electron chi connectivity index (χ4n) is 2.20. The van der Waals surface area contributed by atoms with Crippen molar-refractivity contribution in [3.8, 4) is 0 Å². The maximum absolute atomic E-state index is 11.9. The van der Waals surface area contributed by atoms with Gasteiger partial charge in [-0.25, -0.2) is 4.79 Å². The molecule has 0 aliphatic carbocycles. The predicted molar refractivity (Wildman–Crippen MR) is 104 cm³/mol. The lowest BCUT2D eigenvalue weighted by atomic mass is 9.92. The molecule has 2 rings (SSSR count). The van der Waals surface area contributed by atoms with Crippen molar-refractivity contribution in [3.05, 3.63) is 53.2 Å². The average Bonchev–Trinajstić information content (AvgIpc) is 3.07. The van der Waals surface area contributed by atoms with E-state index in [4.69, 9.17) is 9.26 Å². The van der Waals surface area contributed by atoms with Crippen LogP contribution < -0.4 is 5.32 Å². The molecule has 0 radical (unpaired) electrons. The minimum Gasteiger partial charge on any atom is -0.452 e. The molecule has 144 valence electrons. The van der Waals surface area contributed by atoms with Crippen LogP contribution in [0.2, 0.25) is 0 Å². The van der Waals surface area contributed by atoms with Gasteiger partial charge in [0.05, 0.1) is 5.69 Å². The third-order valence-electron chi connectivity index (χ3n) is 3.90. The van der Waals surface area contributed by atoms with Gasteiger partial charge in [-0.2, -0.15) is 0 Å². The molecule has 27 heavy (non-hydrogen) atoms. The number of benzene rings is 1. The minimum atomic E-state index is -0.592. The summed E-state index contributed by atoms with van der Waals surface area (Å²) >= 11 is 0. The monoisotopic (exact) mass is 370 g/mol. The lowest BCUT2D eigenvalue weighted by Crippen LogP contribution is -2.19. The normalized spacial score (nSPS) is 11.8. The number of ether oxygens (including phenoxy) is 1. The molecule has 0 fully saturated rings. The molecular formula is C21H26N2O4. The van der Waals surface area contributed by atoms with Crippen molar-refractivity contribution in [3.63, 3.8) is 0 Å². The van der Waals surface area contributed by atoms with Gasteiger partial charge >= 0.3 is 5.97 Å². The summed E-state index contributed by atoms with van der Waals surface area (Å²) in [5.74, 6) is -0.405. The van der Waals surface area contributed by atoms with Crippen molar-refractivity contribution in [2.75, 3.05) is 11.9 Å². The number of carbonyl (C=O) groups excluding carboxylic acids is 2. The van der Waals surface area contributed by atoms with Crippen LogP contribution >= 0.6 is 0 Å². The molecule has 1 amide bonds. The number of esters is 1. The van der Waals surface area contributed by atoms with Crippen LogP contribution in [0, 0.1) is 0 Å². The highest BCUT2D eigenvalue weighted by Crippen LogP contribution is 2.23. The zero-order valence-corrected chi connectivity index (χ0v) is 16.4. The zero-order valence-electron chi connectivity index (χ0n) is 16.4. The molecular weight excluding hydrogens is 344 g/mol. The van der Waals surface area contributed by atoms with Gasteiger partial charge in [0.25, 0.3) is 5.91 Å². The highest BCUT2D eigenvalue weighted by Gasteiger charge is 2.19.